The second kappa shape index (κ2) is 10.1. The number of pyridine rings is 1. The molecule has 0 atom stereocenters. The number of benzene rings is 1. The van der Waals surface area contributed by atoms with Gasteiger partial charge in [-0.2, -0.15) is 0 Å². The molecule has 0 bridgehead atoms. The Morgan fingerprint density at radius 3 is 2.68 bits per heavy atom. The number of aromatic nitrogens is 3. The van der Waals surface area contributed by atoms with Crippen LogP contribution in [0.3, 0.4) is 0 Å². The molecule has 0 saturated carbocycles. The van der Waals surface area contributed by atoms with E-state index in [0.717, 1.165) is 44.0 Å². The van der Waals surface area contributed by atoms with Gasteiger partial charge in [-0.3, -0.25) is 9.78 Å². The summed E-state index contributed by atoms with van der Waals surface area (Å²) in [4.78, 5) is 21.2. The minimum Gasteiger partial charge on any atom is -0.411 e. The van der Waals surface area contributed by atoms with Crippen molar-refractivity contribution in [2.45, 2.75) is 12.1 Å². The number of rotatable bonds is 7. The first-order valence-corrected chi connectivity index (χ1v) is 11.4. The molecular formula is C21H23ClN6O2S. The highest BCUT2D eigenvalue weighted by molar-refractivity contribution is 7.99. The van der Waals surface area contributed by atoms with Gasteiger partial charge >= 0.3 is 0 Å². The van der Waals surface area contributed by atoms with Crippen molar-refractivity contribution in [1.29, 1.82) is 0 Å². The zero-order valence-corrected chi connectivity index (χ0v) is 18.7. The normalized spacial score (nSPS) is 14.6. The molecule has 162 valence electrons. The first-order chi connectivity index (χ1) is 15.1. The molecule has 1 N–H and O–H groups in total. The predicted molar refractivity (Wildman–Crippen MR) is 123 cm³/mol. The van der Waals surface area contributed by atoms with Crippen LogP contribution in [-0.4, -0.2) is 64.5 Å². The van der Waals surface area contributed by atoms with Crippen LogP contribution in [0.15, 0.2) is 52.4 Å². The number of nitrogens with one attached hydrogen (secondary N) is 1. The third-order valence-electron chi connectivity index (χ3n) is 5.06. The molecule has 1 fully saturated rings. The number of halogens is 1. The van der Waals surface area contributed by atoms with Gasteiger partial charge in [0.25, 0.3) is 5.22 Å². The molecule has 0 radical (unpaired) electrons. The monoisotopic (exact) mass is 458 g/mol. The Morgan fingerprint density at radius 1 is 1.16 bits per heavy atom. The van der Waals surface area contributed by atoms with Crippen LogP contribution in [-0.2, 0) is 4.79 Å². The maximum atomic E-state index is 12.6. The largest absolute Gasteiger partial charge is 0.411 e. The predicted octanol–water partition coefficient (Wildman–Crippen LogP) is 3.66. The van der Waals surface area contributed by atoms with Gasteiger partial charge in [0.1, 0.15) is 0 Å². The van der Waals surface area contributed by atoms with Crippen molar-refractivity contribution in [3.8, 4) is 11.5 Å². The molecule has 10 heteroatoms. The van der Waals surface area contributed by atoms with E-state index >= 15 is 0 Å². The Hall–Kier alpha value is -2.62. The summed E-state index contributed by atoms with van der Waals surface area (Å²) in [6.07, 6.45) is 3.31. The zero-order chi connectivity index (χ0) is 21.6. The van der Waals surface area contributed by atoms with Crippen LogP contribution in [0.5, 0.6) is 0 Å². The molecular weight excluding hydrogens is 436 g/mol. The number of likely N-dealkylation sites (N-methyl/N-ethyl adjacent to an activating group) is 1. The Balaban J connectivity index is 1.38. The van der Waals surface area contributed by atoms with Gasteiger partial charge in [0.05, 0.1) is 22.2 Å². The number of hydrogen-bond donors (Lipinski definition) is 1. The molecule has 2 aromatic heterocycles. The fourth-order valence-electron chi connectivity index (χ4n) is 3.42. The number of thioether (sulfide) groups is 1. The molecule has 4 rings (SSSR count). The smallest absolute Gasteiger partial charge is 0.277 e. The second-order valence-electron chi connectivity index (χ2n) is 7.00. The van der Waals surface area contributed by atoms with Gasteiger partial charge in [0.2, 0.25) is 11.8 Å². The van der Waals surface area contributed by atoms with Gasteiger partial charge in [-0.05, 0) is 30.8 Å². The van der Waals surface area contributed by atoms with Gasteiger partial charge < -0.3 is 19.5 Å². The van der Waals surface area contributed by atoms with Crippen LogP contribution in [0.1, 0.15) is 6.92 Å². The molecule has 1 aliphatic rings. The van der Waals surface area contributed by atoms with E-state index in [-0.39, 0.29) is 11.7 Å². The van der Waals surface area contributed by atoms with Crippen molar-refractivity contribution in [3.63, 3.8) is 0 Å². The van der Waals surface area contributed by atoms with E-state index in [9.17, 15) is 4.79 Å². The van der Waals surface area contributed by atoms with E-state index < -0.39 is 0 Å². The van der Waals surface area contributed by atoms with Gasteiger partial charge in [-0.1, -0.05) is 36.4 Å². The Labute approximate surface area is 190 Å². The molecule has 8 nitrogen and oxygen atoms in total. The Bertz CT molecular complexity index is 1020. The minimum absolute atomic E-state index is 0.146. The quantitative estimate of drug-likeness (QED) is 0.537. The molecule has 3 aromatic rings. The third kappa shape index (κ3) is 5.36. The molecule has 1 saturated heterocycles. The summed E-state index contributed by atoms with van der Waals surface area (Å²) in [5.41, 5.74) is 2.37. The summed E-state index contributed by atoms with van der Waals surface area (Å²) in [7, 11) is 0. The maximum Gasteiger partial charge on any atom is 0.277 e. The standard InChI is InChI=1S/C21H23ClN6O2S/c1-2-27-10-12-28(13-11-27)19-16(22)4-3-5-17(19)24-18(29)14-31-21-26-25-20(30-21)15-6-8-23-9-7-15/h3-9H,2,10-14H2,1H3,(H,24,29). The van der Waals surface area contributed by atoms with E-state index in [0.29, 0.717) is 21.8 Å². The maximum absolute atomic E-state index is 12.6. The Kier molecular flexibility index (Phi) is 7.06. The second-order valence-corrected chi connectivity index (χ2v) is 8.34. The molecule has 1 aliphatic heterocycles. The topological polar surface area (TPSA) is 87.4 Å². The molecule has 0 spiro atoms. The SMILES string of the molecule is CCN1CCN(c2c(Cl)cccc2NC(=O)CSc2nnc(-c3ccncc3)o2)CC1. The van der Waals surface area contributed by atoms with E-state index in [2.05, 4.69) is 37.2 Å². The number of para-hydroxylation sites is 1. The van der Waals surface area contributed by atoms with Crippen molar-refractivity contribution in [2.75, 3.05) is 48.7 Å². The van der Waals surface area contributed by atoms with Crippen LogP contribution < -0.4 is 10.2 Å². The summed E-state index contributed by atoms with van der Waals surface area (Å²) in [5.74, 6) is 0.381. The fraction of sp³-hybridized carbons (Fsp3) is 0.333. The average molecular weight is 459 g/mol. The molecule has 1 amide bonds. The van der Waals surface area contributed by atoms with E-state index in [4.69, 9.17) is 16.0 Å². The third-order valence-corrected chi connectivity index (χ3v) is 6.18. The molecule has 3 heterocycles. The Morgan fingerprint density at radius 2 is 1.94 bits per heavy atom. The van der Waals surface area contributed by atoms with Gasteiger partial charge in [-0.15, -0.1) is 10.2 Å². The van der Waals surface area contributed by atoms with Gasteiger partial charge in [0, 0.05) is 44.1 Å². The summed E-state index contributed by atoms with van der Waals surface area (Å²) in [5, 5.41) is 12.0. The molecule has 0 aliphatic carbocycles. The van der Waals surface area contributed by atoms with Crippen LogP contribution in [0.4, 0.5) is 11.4 Å². The van der Waals surface area contributed by atoms with Crippen molar-refractivity contribution < 1.29 is 9.21 Å². The minimum atomic E-state index is -0.163. The number of anilines is 2. The lowest BCUT2D eigenvalue weighted by Gasteiger charge is -2.36. The van der Waals surface area contributed by atoms with Crippen LogP contribution in [0.25, 0.3) is 11.5 Å². The number of amides is 1. The summed E-state index contributed by atoms with van der Waals surface area (Å²) >= 11 is 7.69. The van der Waals surface area contributed by atoms with Crippen molar-refractivity contribution >= 4 is 40.6 Å². The molecule has 1 aromatic carbocycles. The lowest BCUT2D eigenvalue weighted by Crippen LogP contribution is -2.46. The molecule has 0 unspecified atom stereocenters. The highest BCUT2D eigenvalue weighted by atomic mass is 35.5. The summed E-state index contributed by atoms with van der Waals surface area (Å²) < 4.78 is 5.63. The zero-order valence-electron chi connectivity index (χ0n) is 17.1. The van der Waals surface area contributed by atoms with Crippen molar-refractivity contribution in [2.24, 2.45) is 0 Å². The highest BCUT2D eigenvalue weighted by Gasteiger charge is 2.21. The van der Waals surface area contributed by atoms with Crippen molar-refractivity contribution in [1.82, 2.24) is 20.1 Å². The van der Waals surface area contributed by atoms with Gasteiger partial charge in [0.15, 0.2) is 0 Å². The average Bonchev–Trinajstić information content (AvgIpc) is 3.28. The number of hydrogen-bond acceptors (Lipinski definition) is 8. The van der Waals surface area contributed by atoms with E-state index in [1.54, 1.807) is 24.5 Å². The highest BCUT2D eigenvalue weighted by Crippen LogP contribution is 2.35. The number of nitrogens with zero attached hydrogens (tertiary/aromatic N) is 5. The van der Waals surface area contributed by atoms with E-state index in [1.165, 1.54) is 11.8 Å². The first-order valence-electron chi connectivity index (χ1n) is 10.1. The number of carbonyl (C=O) groups is 1. The fourth-order valence-corrected chi connectivity index (χ4v) is 4.28. The van der Waals surface area contributed by atoms with E-state index in [1.807, 2.05) is 18.2 Å². The first kappa shape index (κ1) is 21.6. The van der Waals surface area contributed by atoms with Crippen LogP contribution >= 0.6 is 23.4 Å². The lowest BCUT2D eigenvalue weighted by molar-refractivity contribution is -0.113. The summed E-state index contributed by atoms with van der Waals surface area (Å²) in [6.45, 7) is 6.89. The van der Waals surface area contributed by atoms with Gasteiger partial charge in [-0.25, -0.2) is 0 Å². The van der Waals surface area contributed by atoms with Crippen LogP contribution in [0.2, 0.25) is 5.02 Å². The molecule has 31 heavy (non-hydrogen) atoms. The van der Waals surface area contributed by atoms with Crippen molar-refractivity contribution in [3.05, 3.63) is 47.7 Å². The number of piperazine rings is 1. The number of carbonyl (C=O) groups excluding carboxylic acids is 1. The lowest BCUT2D eigenvalue weighted by atomic mass is 10.2. The van der Waals surface area contributed by atoms with Crippen LogP contribution in [0, 0.1) is 0 Å². The summed E-state index contributed by atoms with van der Waals surface area (Å²) in [6, 6.07) is 9.15.